The Morgan fingerprint density at radius 3 is 2.62 bits per heavy atom. The molecule has 0 spiro atoms. The standard InChI is InChI=1S/C20H24N4O6S2/c1-30-15-4-2-13(3-5-15)21-19(26)17-10-31-12-23(17)20(27)16-6-7-18(25)24(22-16)14-8-9-32(28,29)11-14/h2-5,14,17H,6-12H2,1H3,(H,21,26). The Labute approximate surface area is 190 Å². The van der Waals surface area contributed by atoms with Gasteiger partial charge in [0.05, 0.1) is 30.5 Å². The molecule has 0 aliphatic carbocycles. The van der Waals surface area contributed by atoms with Gasteiger partial charge in [-0.15, -0.1) is 11.8 Å². The van der Waals surface area contributed by atoms with E-state index in [2.05, 4.69) is 10.4 Å². The van der Waals surface area contributed by atoms with E-state index >= 15 is 0 Å². The van der Waals surface area contributed by atoms with Crippen LogP contribution in [0.15, 0.2) is 29.4 Å². The summed E-state index contributed by atoms with van der Waals surface area (Å²) in [5, 5.41) is 8.23. The van der Waals surface area contributed by atoms with Crippen molar-refractivity contribution in [3.8, 4) is 5.75 Å². The number of rotatable bonds is 5. The van der Waals surface area contributed by atoms with Gasteiger partial charge >= 0.3 is 0 Å². The van der Waals surface area contributed by atoms with Gasteiger partial charge in [-0.3, -0.25) is 14.4 Å². The Hall–Kier alpha value is -2.60. The highest BCUT2D eigenvalue weighted by atomic mass is 32.2. The van der Waals surface area contributed by atoms with Crippen LogP contribution in [-0.4, -0.2) is 84.1 Å². The van der Waals surface area contributed by atoms with E-state index in [4.69, 9.17) is 4.74 Å². The molecular formula is C20H24N4O6S2. The van der Waals surface area contributed by atoms with Gasteiger partial charge in [0.15, 0.2) is 9.84 Å². The predicted octanol–water partition coefficient (Wildman–Crippen LogP) is 0.701. The number of benzene rings is 1. The fourth-order valence-electron chi connectivity index (χ4n) is 3.90. The summed E-state index contributed by atoms with van der Waals surface area (Å²) in [7, 11) is -1.64. The molecule has 172 valence electrons. The Morgan fingerprint density at radius 1 is 1.22 bits per heavy atom. The lowest BCUT2D eigenvalue weighted by Gasteiger charge is -2.30. The minimum atomic E-state index is -3.20. The van der Waals surface area contributed by atoms with Crippen molar-refractivity contribution in [2.75, 3.05) is 35.6 Å². The molecule has 1 N–H and O–H groups in total. The van der Waals surface area contributed by atoms with Gasteiger partial charge in [0.1, 0.15) is 17.5 Å². The van der Waals surface area contributed by atoms with Gasteiger partial charge in [0, 0.05) is 24.3 Å². The quantitative estimate of drug-likeness (QED) is 0.658. The van der Waals surface area contributed by atoms with Crippen molar-refractivity contribution >= 4 is 50.7 Å². The number of hydrazone groups is 1. The minimum Gasteiger partial charge on any atom is -0.497 e. The fourth-order valence-corrected chi connectivity index (χ4v) is 6.75. The molecule has 2 unspecified atom stereocenters. The van der Waals surface area contributed by atoms with Crippen molar-refractivity contribution in [3.63, 3.8) is 0 Å². The Bertz CT molecular complexity index is 1060. The summed E-state index contributed by atoms with van der Waals surface area (Å²) in [5.41, 5.74) is 0.771. The summed E-state index contributed by atoms with van der Waals surface area (Å²) >= 11 is 1.46. The second-order valence-electron chi connectivity index (χ2n) is 7.85. The largest absolute Gasteiger partial charge is 0.497 e. The summed E-state index contributed by atoms with van der Waals surface area (Å²) in [6.45, 7) is 0. The molecular weight excluding hydrogens is 456 g/mol. The first-order valence-electron chi connectivity index (χ1n) is 10.2. The van der Waals surface area contributed by atoms with E-state index in [1.54, 1.807) is 31.4 Å². The second-order valence-corrected chi connectivity index (χ2v) is 11.1. The summed E-state index contributed by atoms with van der Waals surface area (Å²) in [5.74, 6) is 0.332. The topological polar surface area (TPSA) is 125 Å². The first-order valence-corrected chi connectivity index (χ1v) is 13.2. The molecule has 0 bridgehead atoms. The van der Waals surface area contributed by atoms with Gasteiger partial charge in [0.25, 0.3) is 5.91 Å². The Kier molecular flexibility index (Phi) is 6.42. The highest BCUT2D eigenvalue weighted by molar-refractivity contribution is 7.99. The molecule has 0 radical (unpaired) electrons. The average molecular weight is 481 g/mol. The minimum absolute atomic E-state index is 0.0105. The van der Waals surface area contributed by atoms with Crippen LogP contribution >= 0.6 is 11.8 Å². The van der Waals surface area contributed by atoms with E-state index < -0.39 is 27.8 Å². The van der Waals surface area contributed by atoms with Crippen molar-refractivity contribution in [1.29, 1.82) is 0 Å². The molecule has 0 saturated carbocycles. The molecule has 2 atom stereocenters. The number of hydrogen-bond donors (Lipinski definition) is 1. The lowest BCUT2D eigenvalue weighted by Crippen LogP contribution is -2.49. The summed E-state index contributed by atoms with van der Waals surface area (Å²) in [6, 6.07) is 5.68. The van der Waals surface area contributed by atoms with Crippen molar-refractivity contribution in [1.82, 2.24) is 9.91 Å². The normalized spacial score (nSPS) is 24.9. The van der Waals surface area contributed by atoms with E-state index in [9.17, 15) is 22.8 Å². The third-order valence-electron chi connectivity index (χ3n) is 5.66. The summed E-state index contributed by atoms with van der Waals surface area (Å²) in [6.07, 6.45) is 0.567. The number of amides is 3. The van der Waals surface area contributed by atoms with Crippen molar-refractivity contribution in [2.24, 2.45) is 5.10 Å². The van der Waals surface area contributed by atoms with Gasteiger partial charge in [-0.05, 0) is 30.7 Å². The van der Waals surface area contributed by atoms with E-state index in [1.165, 1.54) is 16.7 Å². The van der Waals surface area contributed by atoms with Crippen LogP contribution in [-0.2, 0) is 24.2 Å². The van der Waals surface area contributed by atoms with Crippen molar-refractivity contribution < 1.29 is 27.5 Å². The zero-order chi connectivity index (χ0) is 22.9. The molecule has 2 saturated heterocycles. The van der Waals surface area contributed by atoms with Crippen molar-refractivity contribution in [3.05, 3.63) is 24.3 Å². The monoisotopic (exact) mass is 480 g/mol. The third-order valence-corrected chi connectivity index (χ3v) is 8.43. The van der Waals surface area contributed by atoms with Crippen LogP contribution in [0.4, 0.5) is 5.69 Å². The zero-order valence-corrected chi connectivity index (χ0v) is 19.2. The lowest BCUT2D eigenvalue weighted by molar-refractivity contribution is -0.134. The molecule has 3 aliphatic rings. The molecule has 3 amide bonds. The first kappa shape index (κ1) is 22.6. The molecule has 12 heteroatoms. The Balaban J connectivity index is 1.46. The Morgan fingerprint density at radius 2 is 1.97 bits per heavy atom. The van der Waals surface area contributed by atoms with E-state index in [1.807, 2.05) is 0 Å². The SMILES string of the molecule is COc1ccc(NC(=O)C2CSCN2C(=O)C2=NN(C3CCS(=O)(=O)C3)C(=O)CC2)cc1. The predicted molar refractivity (Wildman–Crippen MR) is 120 cm³/mol. The third kappa shape index (κ3) is 4.75. The van der Waals surface area contributed by atoms with Crippen LogP contribution in [0.3, 0.4) is 0 Å². The molecule has 1 aromatic carbocycles. The summed E-state index contributed by atoms with van der Waals surface area (Å²) < 4.78 is 28.7. The van der Waals surface area contributed by atoms with Gasteiger partial charge < -0.3 is 15.0 Å². The number of nitrogens with one attached hydrogen (secondary N) is 1. The maximum atomic E-state index is 13.2. The number of methoxy groups -OCH3 is 1. The molecule has 10 nitrogen and oxygen atoms in total. The maximum absolute atomic E-state index is 13.2. The van der Waals surface area contributed by atoms with Crippen molar-refractivity contribution in [2.45, 2.75) is 31.3 Å². The smallest absolute Gasteiger partial charge is 0.271 e. The van der Waals surface area contributed by atoms with E-state index in [0.717, 1.165) is 5.01 Å². The maximum Gasteiger partial charge on any atom is 0.271 e. The highest BCUT2D eigenvalue weighted by Crippen LogP contribution is 2.26. The van der Waals surface area contributed by atoms with Crippen LogP contribution in [0.5, 0.6) is 5.75 Å². The van der Waals surface area contributed by atoms with Crippen LogP contribution in [0.1, 0.15) is 19.3 Å². The van der Waals surface area contributed by atoms with Crippen LogP contribution in [0.2, 0.25) is 0 Å². The van der Waals surface area contributed by atoms with Gasteiger partial charge in [-0.1, -0.05) is 0 Å². The first-order chi connectivity index (χ1) is 15.3. The highest BCUT2D eigenvalue weighted by Gasteiger charge is 2.40. The van der Waals surface area contributed by atoms with E-state index in [0.29, 0.717) is 29.5 Å². The van der Waals surface area contributed by atoms with Crippen LogP contribution in [0, 0.1) is 0 Å². The number of ether oxygens (including phenoxy) is 1. The molecule has 32 heavy (non-hydrogen) atoms. The number of sulfone groups is 1. The number of thioether (sulfide) groups is 1. The lowest BCUT2D eigenvalue weighted by atomic mass is 10.1. The average Bonchev–Trinajstić information content (AvgIpc) is 3.40. The number of hydrogen-bond acceptors (Lipinski definition) is 8. The number of anilines is 1. The fraction of sp³-hybridized carbons (Fsp3) is 0.500. The van der Waals surface area contributed by atoms with Crippen LogP contribution < -0.4 is 10.1 Å². The van der Waals surface area contributed by atoms with Crippen LogP contribution in [0.25, 0.3) is 0 Å². The van der Waals surface area contributed by atoms with Gasteiger partial charge in [-0.2, -0.15) is 5.10 Å². The number of nitrogens with zero attached hydrogens (tertiary/aromatic N) is 3. The number of carbonyl (C=O) groups excluding carboxylic acids is 3. The number of carbonyl (C=O) groups is 3. The van der Waals surface area contributed by atoms with Gasteiger partial charge in [0.2, 0.25) is 11.8 Å². The zero-order valence-electron chi connectivity index (χ0n) is 17.5. The molecule has 3 heterocycles. The molecule has 4 rings (SSSR count). The summed E-state index contributed by atoms with van der Waals surface area (Å²) in [4.78, 5) is 39.8. The van der Waals surface area contributed by atoms with E-state index in [-0.39, 0.29) is 41.9 Å². The molecule has 0 aromatic heterocycles. The second kappa shape index (κ2) is 9.10. The molecule has 2 fully saturated rings. The van der Waals surface area contributed by atoms with Gasteiger partial charge in [-0.25, -0.2) is 13.4 Å². The molecule has 3 aliphatic heterocycles. The molecule has 1 aromatic rings.